The number of nitrogens with zero attached hydrogens (tertiary/aromatic N) is 2. The van der Waals surface area contributed by atoms with Crippen LogP contribution in [0.1, 0.15) is 13.8 Å². The van der Waals surface area contributed by atoms with E-state index in [1.165, 1.54) is 0 Å². The number of nitrogen functional groups attached to an aromatic ring is 1. The average molecular weight is 267 g/mol. The lowest BCUT2D eigenvalue weighted by molar-refractivity contribution is -0.383. The quantitative estimate of drug-likeness (QED) is 0.506. The molecule has 2 rings (SSSR count). The number of hydrogen-bond acceptors (Lipinski definition) is 5. The van der Waals surface area contributed by atoms with Gasteiger partial charge in [-0.25, -0.2) is 0 Å². The van der Waals surface area contributed by atoms with Gasteiger partial charge < -0.3 is 10.6 Å². The van der Waals surface area contributed by atoms with E-state index in [9.17, 15) is 10.1 Å². The second kappa shape index (κ2) is 5.06. The van der Waals surface area contributed by atoms with Crippen LogP contribution in [0.2, 0.25) is 0 Å². The Bertz CT molecular complexity index is 457. The topological polar surface area (TPSA) is 72.4 Å². The Labute approximate surface area is 110 Å². The van der Waals surface area contributed by atoms with Crippen molar-refractivity contribution in [2.75, 3.05) is 23.7 Å². The number of hydrogen-bond donors (Lipinski definition) is 1. The number of nitro groups is 1. The molecule has 6 heteroatoms. The molecule has 2 atom stereocenters. The van der Waals surface area contributed by atoms with Gasteiger partial charge in [-0.1, -0.05) is 19.9 Å². The maximum Gasteiger partial charge on any atom is 0.315 e. The number of thioether (sulfide) groups is 1. The summed E-state index contributed by atoms with van der Waals surface area (Å²) in [5.74, 6) is 0. The van der Waals surface area contributed by atoms with Gasteiger partial charge in [-0.3, -0.25) is 10.1 Å². The van der Waals surface area contributed by atoms with E-state index in [1.807, 2.05) is 11.8 Å². The van der Waals surface area contributed by atoms with Crippen LogP contribution in [0.5, 0.6) is 0 Å². The average Bonchev–Trinajstić information content (AvgIpc) is 2.26. The van der Waals surface area contributed by atoms with Gasteiger partial charge in [0.1, 0.15) is 11.4 Å². The third-order valence-electron chi connectivity index (χ3n) is 2.99. The normalized spacial score (nSPS) is 24.0. The molecule has 1 fully saturated rings. The second-order valence-electron chi connectivity index (χ2n) is 4.63. The highest BCUT2D eigenvalue weighted by molar-refractivity contribution is 8.00. The predicted octanol–water partition coefficient (Wildman–Crippen LogP) is 2.51. The molecule has 0 aromatic heterocycles. The largest absolute Gasteiger partial charge is 0.393 e. The third-order valence-corrected chi connectivity index (χ3v) is 4.22. The van der Waals surface area contributed by atoms with E-state index in [0.717, 1.165) is 13.1 Å². The number of anilines is 2. The standard InChI is InChI=1S/C12H17N3O2S/c1-8-6-14(7-9(2)18-8)11-5-3-4-10(13)12(11)15(16)17/h3-5,8-9H,6-7,13H2,1-2H3. The van der Waals surface area contributed by atoms with Crippen LogP contribution in [-0.4, -0.2) is 28.5 Å². The van der Waals surface area contributed by atoms with Gasteiger partial charge in [0.2, 0.25) is 0 Å². The molecule has 2 unspecified atom stereocenters. The summed E-state index contributed by atoms with van der Waals surface area (Å²) in [4.78, 5) is 12.8. The number of para-hydroxylation sites is 1. The van der Waals surface area contributed by atoms with Crippen molar-refractivity contribution >= 4 is 28.8 Å². The zero-order chi connectivity index (χ0) is 13.3. The highest BCUT2D eigenvalue weighted by Crippen LogP contribution is 2.37. The number of nitro benzene ring substituents is 1. The summed E-state index contributed by atoms with van der Waals surface area (Å²) in [6.07, 6.45) is 0. The molecule has 1 aliphatic rings. The van der Waals surface area contributed by atoms with Crippen molar-refractivity contribution < 1.29 is 4.92 Å². The molecule has 0 bridgehead atoms. The molecule has 1 aromatic rings. The summed E-state index contributed by atoms with van der Waals surface area (Å²) in [7, 11) is 0. The third kappa shape index (κ3) is 2.53. The zero-order valence-corrected chi connectivity index (χ0v) is 11.3. The molecular formula is C12H17N3O2S. The van der Waals surface area contributed by atoms with E-state index >= 15 is 0 Å². The molecule has 5 nitrogen and oxygen atoms in total. The van der Waals surface area contributed by atoms with Gasteiger partial charge in [0.25, 0.3) is 0 Å². The van der Waals surface area contributed by atoms with Gasteiger partial charge in [-0.05, 0) is 12.1 Å². The van der Waals surface area contributed by atoms with E-state index < -0.39 is 0 Å². The minimum Gasteiger partial charge on any atom is -0.393 e. The van der Waals surface area contributed by atoms with Gasteiger partial charge in [0, 0.05) is 23.6 Å². The summed E-state index contributed by atoms with van der Waals surface area (Å²) >= 11 is 1.92. The van der Waals surface area contributed by atoms with E-state index in [2.05, 4.69) is 18.7 Å². The minimum atomic E-state index is -0.387. The molecule has 0 aliphatic carbocycles. The Balaban J connectivity index is 2.38. The fraction of sp³-hybridized carbons (Fsp3) is 0.500. The monoisotopic (exact) mass is 267 g/mol. The summed E-state index contributed by atoms with van der Waals surface area (Å²) in [6, 6.07) is 5.13. The van der Waals surface area contributed by atoms with Gasteiger partial charge >= 0.3 is 5.69 Å². The summed E-state index contributed by atoms with van der Waals surface area (Å²) in [5, 5.41) is 12.1. The number of rotatable bonds is 2. The van der Waals surface area contributed by atoms with Crippen LogP contribution in [0.4, 0.5) is 17.1 Å². The maximum absolute atomic E-state index is 11.1. The van der Waals surface area contributed by atoms with E-state index in [-0.39, 0.29) is 16.3 Å². The molecule has 0 saturated carbocycles. The molecule has 1 aromatic carbocycles. The minimum absolute atomic E-state index is 0.0313. The van der Waals surface area contributed by atoms with Gasteiger partial charge in [-0.15, -0.1) is 0 Å². The Morgan fingerprint density at radius 2 is 2.00 bits per heavy atom. The lowest BCUT2D eigenvalue weighted by Crippen LogP contribution is -2.40. The van der Waals surface area contributed by atoms with Crippen molar-refractivity contribution in [2.45, 2.75) is 24.3 Å². The fourth-order valence-electron chi connectivity index (χ4n) is 2.38. The van der Waals surface area contributed by atoms with E-state index in [1.54, 1.807) is 18.2 Å². The van der Waals surface area contributed by atoms with Gasteiger partial charge in [-0.2, -0.15) is 11.8 Å². The molecule has 2 N–H and O–H groups in total. The highest BCUT2D eigenvalue weighted by Gasteiger charge is 2.28. The molecule has 0 radical (unpaired) electrons. The number of benzene rings is 1. The van der Waals surface area contributed by atoms with Crippen molar-refractivity contribution in [2.24, 2.45) is 0 Å². The Kier molecular flexibility index (Phi) is 3.65. The van der Waals surface area contributed by atoms with Gasteiger partial charge in [0.05, 0.1) is 4.92 Å². The molecule has 1 heterocycles. The molecule has 0 amide bonds. The van der Waals surface area contributed by atoms with Crippen LogP contribution in [0.15, 0.2) is 18.2 Å². The first-order valence-electron chi connectivity index (χ1n) is 5.92. The molecule has 1 aliphatic heterocycles. The lowest BCUT2D eigenvalue weighted by Gasteiger charge is -2.35. The summed E-state index contributed by atoms with van der Waals surface area (Å²) < 4.78 is 0. The van der Waals surface area contributed by atoms with Crippen LogP contribution in [0.3, 0.4) is 0 Å². The first-order chi connectivity index (χ1) is 8.49. The highest BCUT2D eigenvalue weighted by atomic mass is 32.2. The van der Waals surface area contributed by atoms with Crippen molar-refractivity contribution in [1.29, 1.82) is 0 Å². The Hall–Kier alpha value is -1.43. The first-order valence-corrected chi connectivity index (χ1v) is 6.86. The lowest BCUT2D eigenvalue weighted by atomic mass is 10.2. The second-order valence-corrected chi connectivity index (χ2v) is 6.52. The van der Waals surface area contributed by atoms with Crippen LogP contribution in [-0.2, 0) is 0 Å². The fourth-order valence-corrected chi connectivity index (χ4v) is 3.70. The molecule has 18 heavy (non-hydrogen) atoms. The maximum atomic E-state index is 11.1. The smallest absolute Gasteiger partial charge is 0.315 e. The predicted molar refractivity (Wildman–Crippen MR) is 76.2 cm³/mol. The van der Waals surface area contributed by atoms with Crippen molar-refractivity contribution in [3.8, 4) is 0 Å². The Morgan fingerprint density at radius 3 is 2.56 bits per heavy atom. The molecule has 1 saturated heterocycles. The zero-order valence-electron chi connectivity index (χ0n) is 10.5. The first kappa shape index (κ1) is 13.0. The van der Waals surface area contributed by atoms with Gasteiger partial charge in [0.15, 0.2) is 0 Å². The van der Waals surface area contributed by atoms with Crippen molar-refractivity contribution in [3.63, 3.8) is 0 Å². The van der Waals surface area contributed by atoms with Crippen molar-refractivity contribution in [3.05, 3.63) is 28.3 Å². The van der Waals surface area contributed by atoms with Crippen LogP contribution in [0.25, 0.3) is 0 Å². The van der Waals surface area contributed by atoms with E-state index in [0.29, 0.717) is 16.2 Å². The molecular weight excluding hydrogens is 250 g/mol. The summed E-state index contributed by atoms with van der Waals surface area (Å²) in [6.45, 7) is 5.93. The van der Waals surface area contributed by atoms with Crippen LogP contribution < -0.4 is 10.6 Å². The van der Waals surface area contributed by atoms with E-state index in [4.69, 9.17) is 5.73 Å². The molecule has 98 valence electrons. The Morgan fingerprint density at radius 1 is 1.39 bits per heavy atom. The van der Waals surface area contributed by atoms with Crippen molar-refractivity contribution in [1.82, 2.24) is 0 Å². The van der Waals surface area contributed by atoms with Crippen LogP contribution in [0, 0.1) is 10.1 Å². The summed E-state index contributed by atoms with van der Waals surface area (Å²) in [5.41, 5.74) is 6.63. The van der Waals surface area contributed by atoms with Crippen LogP contribution >= 0.6 is 11.8 Å². The molecule has 0 spiro atoms. The SMILES string of the molecule is CC1CN(c2cccc(N)c2[N+](=O)[O-])CC(C)S1. The number of nitrogens with two attached hydrogens (primary N) is 1.